The molecular formula is C85H44NO9+. The second kappa shape index (κ2) is 12.1. The average Bonchev–Trinajstić information content (AvgIpc) is 1.38. The van der Waals surface area contributed by atoms with Gasteiger partial charge in [-0.2, -0.15) is 0 Å². The summed E-state index contributed by atoms with van der Waals surface area (Å²) in [5, 5.41) is 86.9. The number of methoxy groups -OCH3 is 3. The molecule has 2 spiro atoms. The van der Waals surface area contributed by atoms with Gasteiger partial charge in [0.25, 0.3) is 0 Å². The van der Waals surface area contributed by atoms with Gasteiger partial charge in [-0.05, 0) is 325 Å². The lowest BCUT2D eigenvalue weighted by molar-refractivity contribution is -0.911. The fraction of sp³-hybridized carbons (Fsp3) is 0.247. The number of hydrogen-bond acceptors (Lipinski definition) is 9. The van der Waals surface area contributed by atoms with Crippen molar-refractivity contribution in [3.05, 3.63) is 39.9 Å². The molecule has 0 amide bonds. The predicted octanol–water partition coefficient (Wildman–Crippen LogP) is 18.3. The highest BCUT2D eigenvalue weighted by Crippen LogP contribution is 2.87. The number of quaternary nitrogens is 1. The van der Waals surface area contributed by atoms with Gasteiger partial charge in [0.1, 0.15) is 25.9 Å². The highest BCUT2D eigenvalue weighted by atomic mass is 16.6. The van der Waals surface area contributed by atoms with Crippen LogP contribution in [0.1, 0.15) is 33.9 Å². The van der Waals surface area contributed by atoms with E-state index >= 15 is 0 Å². The van der Waals surface area contributed by atoms with Gasteiger partial charge >= 0.3 is 0 Å². The molecule has 0 bridgehead atoms. The van der Waals surface area contributed by atoms with Gasteiger partial charge in [-0.25, -0.2) is 0 Å². The Bertz CT molecular complexity index is 7860. The van der Waals surface area contributed by atoms with E-state index in [-0.39, 0.29) is 6.04 Å². The number of likely N-dealkylation sites (N-methyl/N-ethyl adjacent to an activating group) is 1. The normalized spacial score (nSPS) is 21.0. The van der Waals surface area contributed by atoms with Crippen LogP contribution in [0.15, 0.2) is 12.1 Å². The molecule has 4 aliphatic carbocycles. The Morgan fingerprint density at radius 3 is 0.726 bits per heavy atom. The van der Waals surface area contributed by atoms with Crippen molar-refractivity contribution in [2.45, 2.75) is 16.9 Å². The fourth-order valence-electron chi connectivity index (χ4n) is 28.6. The standard InChI is InChI=1S/C85H44NO9/c1-86(2)20-84-78-70-62-52-42-34-26-24-25-28-32-30(26)38-46-40(32)50-44-36(28)37-29(25)33-31-27(24)35(34)43-49-39(31)47-41(33)51-45(37)55-54(44)66-60(50)68-58(46)64(56(62)48(38)42)72(78)74(68)80-76(66)77-67(55)61(51)69-59(47)65-57(49)63(53(43)52)71(70)79(84)73(65)75(69)81(77)85(80,84)83(86)21-18-22(93-15-12-90-9-6-87-3)82(95-17-14-92-11-8-89-5)23(19-21)94-16-13-91-10-7-88-4/h18-19,83H,6-17,20H2,1-5H3/q+1. The first-order valence-corrected chi connectivity index (χ1v) is 34.9. The topological polar surface area (TPSA) is 83.1 Å². The lowest BCUT2D eigenvalue weighted by Gasteiger charge is -2.49. The van der Waals surface area contributed by atoms with Crippen LogP contribution in [-0.4, -0.2) is 126 Å². The highest BCUT2D eigenvalue weighted by Gasteiger charge is 2.80. The largest absolute Gasteiger partial charge is 0.487 e. The molecule has 1 saturated heterocycles. The SMILES string of the molecule is COCCOCCOc1cc(C2C34c5c6c7c8c9c%10c(c%11c%12c3c3c5c5c%13c6c6c7c7c9c9c%14c%10c%10c%11c%11c%12c%12c3c3c5c5c%13c%13c6c6c7c9c7c9c%14c%10c%10c%11c%11c%12c3c3c5c5c%13c6c7c6c9c%10c%11c3c56)C84C[N+]2(C)C)cc(OCCOCCOC)c1OCCOCCOC. The van der Waals surface area contributed by atoms with E-state index in [0.717, 1.165) is 11.0 Å². The molecule has 29 aromatic carbocycles. The Labute approximate surface area is 530 Å². The number of hydrogen-bond donors (Lipinski definition) is 0. The predicted molar refractivity (Wildman–Crippen MR) is 385 cm³/mol. The molecule has 95 heavy (non-hydrogen) atoms. The van der Waals surface area contributed by atoms with Crippen LogP contribution in [0, 0.1) is 0 Å². The molecule has 0 saturated carbocycles. The zero-order valence-corrected chi connectivity index (χ0v) is 52.0. The summed E-state index contributed by atoms with van der Waals surface area (Å²) in [5.41, 5.74) is 6.84. The molecule has 1 fully saturated rings. The maximum absolute atomic E-state index is 7.22. The minimum atomic E-state index is -0.583. The third-order valence-electron chi connectivity index (χ3n) is 29.4. The van der Waals surface area contributed by atoms with Gasteiger partial charge in [0.15, 0.2) is 11.5 Å². The molecule has 29 aromatic rings. The zero-order valence-electron chi connectivity index (χ0n) is 52.0. The minimum Gasteiger partial charge on any atom is -0.487 e. The Kier molecular flexibility index (Phi) is 5.67. The molecular weight excluding hydrogens is 1180 g/mol. The molecule has 442 valence electrons. The Morgan fingerprint density at radius 2 is 0.484 bits per heavy atom. The first-order valence-electron chi connectivity index (χ1n) is 34.9. The third-order valence-corrected chi connectivity index (χ3v) is 29.4. The highest BCUT2D eigenvalue weighted by molar-refractivity contribution is 6.82. The number of nitrogens with zero attached hydrogens (tertiary/aromatic N) is 1. The Hall–Kier alpha value is -9.20. The van der Waals surface area contributed by atoms with Crippen molar-refractivity contribution in [2.75, 3.05) is 121 Å². The molecule has 10 heteroatoms. The summed E-state index contributed by atoms with van der Waals surface area (Å²) in [5.74, 6) is 1.90. The Morgan fingerprint density at radius 1 is 0.274 bits per heavy atom. The summed E-state index contributed by atoms with van der Waals surface area (Å²) in [7, 11) is 10.4. The summed E-state index contributed by atoms with van der Waals surface area (Å²) < 4.78 is 57.0. The molecule has 34 rings (SSSR count). The second-order valence-corrected chi connectivity index (χ2v) is 32.0. The lowest BCUT2D eigenvalue weighted by atomic mass is 9.47. The third kappa shape index (κ3) is 3.21. The van der Waals surface area contributed by atoms with Crippen LogP contribution in [-0.2, 0) is 39.3 Å². The lowest BCUT2D eigenvalue weighted by Crippen LogP contribution is -2.52. The van der Waals surface area contributed by atoms with Crippen LogP contribution in [0.3, 0.4) is 0 Å². The second-order valence-electron chi connectivity index (χ2n) is 32.0. The smallest absolute Gasteiger partial charge is 0.203 e. The Balaban J connectivity index is 0.835. The van der Waals surface area contributed by atoms with Gasteiger partial charge in [-0.1, -0.05) is 0 Å². The molecule has 0 N–H and O–H groups in total. The molecule has 1 heterocycles. The van der Waals surface area contributed by atoms with Crippen LogP contribution >= 0.6 is 0 Å². The van der Waals surface area contributed by atoms with Crippen molar-refractivity contribution < 1.29 is 47.1 Å². The maximum Gasteiger partial charge on any atom is 0.203 e. The molecule has 1 atom stereocenters. The quantitative estimate of drug-likeness (QED) is 0.0374. The van der Waals surface area contributed by atoms with E-state index in [9.17, 15) is 0 Å². The molecule has 10 nitrogen and oxygen atoms in total. The van der Waals surface area contributed by atoms with Crippen LogP contribution < -0.4 is 14.2 Å². The number of benzene rings is 19. The van der Waals surface area contributed by atoms with Crippen molar-refractivity contribution in [3.8, 4) is 17.2 Å². The van der Waals surface area contributed by atoms with Crippen molar-refractivity contribution >= 4 is 291 Å². The van der Waals surface area contributed by atoms with Gasteiger partial charge in [0.2, 0.25) is 5.75 Å². The summed E-state index contributed by atoms with van der Waals surface area (Å²) in [4.78, 5) is 0. The average molecular weight is 1220 g/mol. The molecule has 1 unspecified atom stereocenters. The fourth-order valence-corrected chi connectivity index (χ4v) is 28.6. The molecule has 0 radical (unpaired) electrons. The summed E-state index contributed by atoms with van der Waals surface area (Å²) in [6.07, 6.45) is 0. The van der Waals surface area contributed by atoms with Crippen LogP contribution in [0.4, 0.5) is 0 Å². The molecule has 1 aliphatic heterocycles. The van der Waals surface area contributed by atoms with Gasteiger partial charge in [0.05, 0.1) is 90.9 Å². The van der Waals surface area contributed by atoms with E-state index in [1.165, 1.54) is 5.56 Å². The van der Waals surface area contributed by atoms with Crippen LogP contribution in [0.5, 0.6) is 17.2 Å². The van der Waals surface area contributed by atoms with E-state index in [4.69, 9.17) is 42.6 Å². The van der Waals surface area contributed by atoms with Crippen molar-refractivity contribution in [1.82, 2.24) is 0 Å². The van der Waals surface area contributed by atoms with Gasteiger partial charge < -0.3 is 47.1 Å². The zero-order chi connectivity index (χ0) is 59.8. The van der Waals surface area contributed by atoms with E-state index in [2.05, 4.69) is 26.2 Å². The van der Waals surface area contributed by atoms with Crippen molar-refractivity contribution in [2.24, 2.45) is 0 Å². The number of likely N-dealkylation sites (tertiary alicyclic amines) is 1. The minimum absolute atomic E-state index is 0.120. The molecule has 5 aliphatic rings. The first kappa shape index (κ1) is 44.5. The van der Waals surface area contributed by atoms with E-state index < -0.39 is 10.8 Å². The van der Waals surface area contributed by atoms with Crippen molar-refractivity contribution in [3.63, 3.8) is 0 Å². The van der Waals surface area contributed by atoms with Gasteiger partial charge in [0, 0.05) is 26.9 Å². The first-order chi connectivity index (χ1) is 47.0. The summed E-state index contributed by atoms with van der Waals surface area (Å²) in [6.45, 7) is 6.00. The summed E-state index contributed by atoms with van der Waals surface area (Å²) in [6, 6.07) is 4.70. The van der Waals surface area contributed by atoms with Crippen molar-refractivity contribution in [1.29, 1.82) is 0 Å². The molecule has 0 aromatic heterocycles. The van der Waals surface area contributed by atoms with Crippen LogP contribution in [0.25, 0.3) is 291 Å². The maximum atomic E-state index is 7.22. The van der Waals surface area contributed by atoms with Gasteiger partial charge in [-0.15, -0.1) is 0 Å². The monoisotopic (exact) mass is 1220 g/mol. The van der Waals surface area contributed by atoms with Crippen LogP contribution in [0.2, 0.25) is 0 Å². The number of ether oxygens (including phenoxy) is 9. The van der Waals surface area contributed by atoms with E-state index in [1.807, 2.05) is 0 Å². The number of rotatable bonds is 22. The summed E-state index contributed by atoms with van der Waals surface area (Å²) >= 11 is 0. The van der Waals surface area contributed by atoms with Gasteiger partial charge in [-0.3, -0.25) is 0 Å². The van der Waals surface area contributed by atoms with E-state index in [1.54, 1.807) is 334 Å². The van der Waals surface area contributed by atoms with E-state index in [0.29, 0.717) is 96.5 Å².